The van der Waals surface area contributed by atoms with Gasteiger partial charge in [-0.1, -0.05) is 40.2 Å². The number of benzene rings is 2. The van der Waals surface area contributed by atoms with Gasteiger partial charge in [-0.15, -0.1) is 0 Å². The third-order valence-corrected chi connectivity index (χ3v) is 3.53. The molecule has 0 bridgehead atoms. The summed E-state index contributed by atoms with van der Waals surface area (Å²) in [6.45, 7) is 1.91. The molecule has 1 N–H and O–H groups in total. The number of hydrogen-bond donors (Lipinski definition) is 1. The summed E-state index contributed by atoms with van der Waals surface area (Å²) < 4.78 is 14.0. The van der Waals surface area contributed by atoms with Gasteiger partial charge in [-0.25, -0.2) is 4.39 Å². The Morgan fingerprint density at radius 2 is 1.95 bits per heavy atom. The Hall–Kier alpha value is -1.94. The molecule has 0 spiro atoms. The van der Waals surface area contributed by atoms with Crippen molar-refractivity contribution >= 4 is 27.9 Å². The van der Waals surface area contributed by atoms with Crippen LogP contribution in [0.2, 0.25) is 0 Å². The van der Waals surface area contributed by atoms with E-state index in [4.69, 9.17) is 0 Å². The summed E-state index contributed by atoms with van der Waals surface area (Å²) in [7, 11) is 0. The van der Waals surface area contributed by atoms with Crippen LogP contribution in [0.3, 0.4) is 0 Å². The Morgan fingerprint density at radius 1 is 1.24 bits per heavy atom. The number of rotatable bonds is 4. The van der Waals surface area contributed by atoms with Crippen molar-refractivity contribution in [2.75, 3.05) is 0 Å². The van der Waals surface area contributed by atoms with E-state index >= 15 is 0 Å². The van der Waals surface area contributed by atoms with Crippen molar-refractivity contribution in [3.05, 3.63) is 76.0 Å². The second-order valence-electron chi connectivity index (χ2n) is 4.67. The average Bonchev–Trinajstić information content (AvgIpc) is 2.46. The fraction of sp³-hybridized carbons (Fsp3) is 0.118. The first-order chi connectivity index (χ1) is 10.0. The Kier molecular flexibility index (Phi) is 5.28. The summed E-state index contributed by atoms with van der Waals surface area (Å²) in [6.07, 6.45) is 3.00. The van der Waals surface area contributed by atoms with Crippen LogP contribution in [0, 0.1) is 5.82 Å². The predicted octanol–water partition coefficient (Wildman–Crippen LogP) is 4.48. The molecule has 21 heavy (non-hydrogen) atoms. The zero-order valence-corrected chi connectivity index (χ0v) is 13.1. The van der Waals surface area contributed by atoms with E-state index < -0.39 is 0 Å². The van der Waals surface area contributed by atoms with Crippen LogP contribution < -0.4 is 5.32 Å². The number of halogens is 2. The highest BCUT2D eigenvalue weighted by Crippen LogP contribution is 2.16. The van der Waals surface area contributed by atoms with Gasteiger partial charge in [0.25, 0.3) is 0 Å². The van der Waals surface area contributed by atoms with Crippen LogP contribution in [0.5, 0.6) is 0 Å². The third-order valence-electron chi connectivity index (χ3n) is 3.00. The molecule has 2 nitrogen and oxygen atoms in total. The first-order valence-corrected chi connectivity index (χ1v) is 7.33. The maximum absolute atomic E-state index is 13.0. The molecule has 4 heteroatoms. The highest BCUT2D eigenvalue weighted by molar-refractivity contribution is 9.10. The lowest BCUT2D eigenvalue weighted by Gasteiger charge is -2.12. The standard InChI is InChI=1S/C17H15BrFNO/c1-12(14-6-8-15(18)9-7-14)20-17(21)10-5-13-3-2-4-16(19)11-13/h2-12H,1H3,(H,20,21)/b10-5+/t12-/m1/s1. The third kappa shape index (κ3) is 4.83. The molecule has 2 rings (SSSR count). The average molecular weight is 348 g/mol. The summed E-state index contributed by atoms with van der Waals surface area (Å²) in [5.41, 5.74) is 1.67. The maximum atomic E-state index is 13.0. The molecule has 0 unspecified atom stereocenters. The highest BCUT2D eigenvalue weighted by Gasteiger charge is 2.07. The second-order valence-corrected chi connectivity index (χ2v) is 5.59. The molecule has 0 aliphatic rings. The lowest BCUT2D eigenvalue weighted by Crippen LogP contribution is -2.24. The normalized spacial score (nSPS) is 12.3. The van der Waals surface area contributed by atoms with Crippen molar-refractivity contribution in [3.63, 3.8) is 0 Å². The van der Waals surface area contributed by atoms with Crippen LogP contribution in [0.1, 0.15) is 24.1 Å². The van der Waals surface area contributed by atoms with Crippen LogP contribution in [0.15, 0.2) is 59.1 Å². The van der Waals surface area contributed by atoms with E-state index in [-0.39, 0.29) is 17.8 Å². The summed E-state index contributed by atoms with van der Waals surface area (Å²) >= 11 is 3.37. The molecule has 0 radical (unpaired) electrons. The maximum Gasteiger partial charge on any atom is 0.244 e. The van der Waals surface area contributed by atoms with E-state index in [1.54, 1.807) is 18.2 Å². The van der Waals surface area contributed by atoms with Gasteiger partial charge in [0.2, 0.25) is 5.91 Å². The number of nitrogens with one attached hydrogen (secondary N) is 1. The molecule has 108 valence electrons. The Balaban J connectivity index is 1.96. The van der Waals surface area contributed by atoms with Gasteiger partial charge >= 0.3 is 0 Å². The highest BCUT2D eigenvalue weighted by atomic mass is 79.9. The quantitative estimate of drug-likeness (QED) is 0.811. The van der Waals surface area contributed by atoms with E-state index in [9.17, 15) is 9.18 Å². The number of amides is 1. The van der Waals surface area contributed by atoms with Crippen molar-refractivity contribution in [1.29, 1.82) is 0 Å². The van der Waals surface area contributed by atoms with Gasteiger partial charge in [-0.3, -0.25) is 4.79 Å². The zero-order valence-electron chi connectivity index (χ0n) is 11.5. The molecular weight excluding hydrogens is 333 g/mol. The smallest absolute Gasteiger partial charge is 0.244 e. The molecular formula is C17H15BrFNO. The Labute approximate surface area is 131 Å². The van der Waals surface area contributed by atoms with E-state index in [1.165, 1.54) is 18.2 Å². The van der Waals surface area contributed by atoms with Crippen molar-refractivity contribution in [1.82, 2.24) is 5.32 Å². The molecule has 0 aliphatic heterocycles. The zero-order chi connectivity index (χ0) is 15.2. The van der Waals surface area contributed by atoms with E-state index in [0.29, 0.717) is 5.56 Å². The van der Waals surface area contributed by atoms with Gasteiger partial charge in [0, 0.05) is 10.5 Å². The van der Waals surface area contributed by atoms with Gasteiger partial charge in [0.15, 0.2) is 0 Å². The van der Waals surface area contributed by atoms with Crippen LogP contribution in [0.4, 0.5) is 4.39 Å². The second kappa shape index (κ2) is 7.18. The number of carbonyl (C=O) groups is 1. The van der Waals surface area contributed by atoms with Crippen molar-refractivity contribution < 1.29 is 9.18 Å². The predicted molar refractivity (Wildman–Crippen MR) is 86.1 cm³/mol. The van der Waals surface area contributed by atoms with Gasteiger partial charge < -0.3 is 5.32 Å². The molecule has 0 aliphatic carbocycles. The first-order valence-electron chi connectivity index (χ1n) is 6.54. The van der Waals surface area contributed by atoms with Gasteiger partial charge in [0.1, 0.15) is 5.82 Å². The SMILES string of the molecule is C[C@@H](NC(=O)/C=C/c1cccc(F)c1)c1ccc(Br)cc1. The van der Waals surface area contributed by atoms with E-state index in [0.717, 1.165) is 10.0 Å². The first kappa shape index (κ1) is 15.4. The monoisotopic (exact) mass is 347 g/mol. The van der Waals surface area contributed by atoms with Crippen LogP contribution in [-0.2, 0) is 4.79 Å². The fourth-order valence-electron chi connectivity index (χ4n) is 1.88. The molecule has 0 aromatic heterocycles. The van der Waals surface area contributed by atoms with E-state index in [2.05, 4.69) is 21.2 Å². The summed E-state index contributed by atoms with van der Waals surface area (Å²) in [4.78, 5) is 11.9. The lowest BCUT2D eigenvalue weighted by molar-refractivity contribution is -0.117. The topological polar surface area (TPSA) is 29.1 Å². The van der Waals surface area contributed by atoms with Crippen molar-refractivity contribution in [2.45, 2.75) is 13.0 Å². The van der Waals surface area contributed by atoms with Gasteiger partial charge in [0.05, 0.1) is 6.04 Å². The Morgan fingerprint density at radius 3 is 2.62 bits per heavy atom. The minimum Gasteiger partial charge on any atom is -0.346 e. The van der Waals surface area contributed by atoms with Crippen molar-refractivity contribution in [3.8, 4) is 0 Å². The van der Waals surface area contributed by atoms with Crippen LogP contribution in [0.25, 0.3) is 6.08 Å². The molecule has 2 aromatic carbocycles. The minimum atomic E-state index is -0.319. The largest absolute Gasteiger partial charge is 0.346 e. The van der Waals surface area contributed by atoms with Crippen molar-refractivity contribution in [2.24, 2.45) is 0 Å². The molecule has 2 aromatic rings. The van der Waals surface area contributed by atoms with Crippen LogP contribution in [-0.4, -0.2) is 5.91 Å². The summed E-state index contributed by atoms with van der Waals surface area (Å²) in [5.74, 6) is -0.532. The van der Waals surface area contributed by atoms with Gasteiger partial charge in [-0.05, 0) is 48.4 Å². The number of carbonyl (C=O) groups excluding carboxylic acids is 1. The van der Waals surface area contributed by atoms with Crippen LogP contribution >= 0.6 is 15.9 Å². The molecule has 0 saturated carbocycles. The molecule has 0 heterocycles. The fourth-order valence-corrected chi connectivity index (χ4v) is 2.14. The minimum absolute atomic E-state index is 0.0947. The van der Waals surface area contributed by atoms with Gasteiger partial charge in [-0.2, -0.15) is 0 Å². The van der Waals surface area contributed by atoms with E-state index in [1.807, 2.05) is 31.2 Å². The summed E-state index contributed by atoms with van der Waals surface area (Å²) in [6, 6.07) is 13.8. The molecule has 1 amide bonds. The lowest BCUT2D eigenvalue weighted by atomic mass is 10.1. The number of hydrogen-bond acceptors (Lipinski definition) is 1. The molecule has 0 saturated heterocycles. The molecule has 1 atom stereocenters. The molecule has 0 fully saturated rings. The summed E-state index contributed by atoms with van der Waals surface area (Å²) in [5, 5.41) is 2.87. The Bertz CT molecular complexity index is 652.